The highest BCUT2D eigenvalue weighted by molar-refractivity contribution is 5.39. The summed E-state index contributed by atoms with van der Waals surface area (Å²) in [4.78, 5) is 2.33. The number of aliphatic hydroxyl groups excluding tert-OH is 1. The van der Waals surface area contributed by atoms with E-state index in [1.807, 2.05) is 0 Å². The molecule has 3 nitrogen and oxygen atoms in total. The number of rotatable bonds is 5. The van der Waals surface area contributed by atoms with Crippen LogP contribution < -0.4 is 4.74 Å². The van der Waals surface area contributed by atoms with Gasteiger partial charge in [0.2, 0.25) is 0 Å². The van der Waals surface area contributed by atoms with Crippen LogP contribution in [-0.2, 0) is 0 Å². The first-order valence-electron chi connectivity index (χ1n) is 6.76. The monoisotopic (exact) mass is 249 g/mol. The van der Waals surface area contributed by atoms with Gasteiger partial charge in [-0.3, -0.25) is 4.90 Å². The minimum Gasteiger partial charge on any atom is -0.492 e. The summed E-state index contributed by atoms with van der Waals surface area (Å²) in [6, 6.07) is 6.55. The van der Waals surface area contributed by atoms with E-state index in [1.54, 1.807) is 0 Å². The molecule has 1 aromatic carbocycles. The van der Waals surface area contributed by atoms with Gasteiger partial charge in [0.05, 0.1) is 6.61 Å². The summed E-state index contributed by atoms with van der Waals surface area (Å²) in [5, 5.41) is 9.26. The molecule has 18 heavy (non-hydrogen) atoms. The van der Waals surface area contributed by atoms with Gasteiger partial charge in [0, 0.05) is 12.6 Å². The van der Waals surface area contributed by atoms with Crippen molar-refractivity contribution in [2.24, 2.45) is 0 Å². The van der Waals surface area contributed by atoms with Gasteiger partial charge in [0.25, 0.3) is 0 Å². The lowest BCUT2D eigenvalue weighted by molar-refractivity contribution is 0.139. The molecule has 1 aliphatic heterocycles. The Morgan fingerprint density at radius 3 is 2.72 bits per heavy atom. The molecule has 1 N–H and O–H groups in total. The largest absolute Gasteiger partial charge is 0.492 e. The Morgan fingerprint density at radius 2 is 2.06 bits per heavy atom. The Kier molecular flexibility index (Phi) is 4.61. The van der Waals surface area contributed by atoms with Crippen LogP contribution in [-0.4, -0.2) is 42.4 Å². The van der Waals surface area contributed by atoms with Crippen molar-refractivity contribution in [3.05, 3.63) is 29.3 Å². The van der Waals surface area contributed by atoms with Crippen LogP contribution in [0, 0.1) is 13.8 Å². The minimum absolute atomic E-state index is 0.267. The molecule has 0 saturated carbocycles. The van der Waals surface area contributed by atoms with Gasteiger partial charge in [0.15, 0.2) is 0 Å². The van der Waals surface area contributed by atoms with Crippen LogP contribution in [0.4, 0.5) is 0 Å². The molecule has 1 fully saturated rings. The molecule has 1 aliphatic rings. The highest BCUT2D eigenvalue weighted by atomic mass is 16.5. The summed E-state index contributed by atoms with van der Waals surface area (Å²) in [6.07, 6.45) is 2.30. The van der Waals surface area contributed by atoms with Crippen LogP contribution in [0.3, 0.4) is 0 Å². The third-order valence-electron chi connectivity index (χ3n) is 3.74. The van der Waals surface area contributed by atoms with E-state index in [0.717, 1.165) is 25.3 Å². The van der Waals surface area contributed by atoms with E-state index >= 15 is 0 Å². The number of likely N-dealkylation sites (tertiary alicyclic amines) is 1. The van der Waals surface area contributed by atoms with E-state index in [0.29, 0.717) is 12.6 Å². The van der Waals surface area contributed by atoms with Gasteiger partial charge in [-0.05, 0) is 44.4 Å². The van der Waals surface area contributed by atoms with Crippen molar-refractivity contribution in [3.63, 3.8) is 0 Å². The maximum absolute atomic E-state index is 9.26. The lowest BCUT2D eigenvalue weighted by Gasteiger charge is -2.23. The molecule has 0 bridgehead atoms. The van der Waals surface area contributed by atoms with E-state index < -0.39 is 0 Å². The van der Waals surface area contributed by atoms with Gasteiger partial charge >= 0.3 is 0 Å². The molecule has 1 unspecified atom stereocenters. The van der Waals surface area contributed by atoms with Gasteiger partial charge in [0.1, 0.15) is 12.4 Å². The molecule has 0 spiro atoms. The topological polar surface area (TPSA) is 32.7 Å². The van der Waals surface area contributed by atoms with Crippen LogP contribution in [0.1, 0.15) is 24.0 Å². The summed E-state index contributed by atoms with van der Waals surface area (Å²) in [5.74, 6) is 1.01. The quantitative estimate of drug-likeness (QED) is 0.868. The van der Waals surface area contributed by atoms with Crippen molar-refractivity contribution in [1.82, 2.24) is 4.90 Å². The van der Waals surface area contributed by atoms with E-state index in [4.69, 9.17) is 4.74 Å². The molecule has 1 heterocycles. The highest BCUT2D eigenvalue weighted by Gasteiger charge is 2.23. The number of benzene rings is 1. The molecule has 2 rings (SSSR count). The third-order valence-corrected chi connectivity index (χ3v) is 3.74. The fraction of sp³-hybridized carbons (Fsp3) is 0.600. The van der Waals surface area contributed by atoms with E-state index in [2.05, 4.69) is 36.9 Å². The first-order valence-corrected chi connectivity index (χ1v) is 6.76. The van der Waals surface area contributed by atoms with Gasteiger partial charge in [-0.15, -0.1) is 0 Å². The average Bonchev–Trinajstić information content (AvgIpc) is 2.80. The molecule has 0 radical (unpaired) electrons. The smallest absolute Gasteiger partial charge is 0.125 e. The van der Waals surface area contributed by atoms with Crippen molar-refractivity contribution >= 4 is 0 Å². The second-order valence-electron chi connectivity index (χ2n) is 5.08. The Hall–Kier alpha value is -1.06. The molecule has 0 amide bonds. The fourth-order valence-corrected chi connectivity index (χ4v) is 2.69. The Labute approximate surface area is 109 Å². The van der Waals surface area contributed by atoms with Crippen LogP contribution in [0.2, 0.25) is 0 Å². The second-order valence-corrected chi connectivity index (χ2v) is 5.08. The summed E-state index contributed by atoms with van der Waals surface area (Å²) in [6.45, 7) is 7.11. The zero-order valence-electron chi connectivity index (χ0n) is 11.4. The molecule has 1 atom stereocenters. The number of ether oxygens (including phenoxy) is 1. The average molecular weight is 249 g/mol. The maximum atomic E-state index is 9.26. The Bertz CT molecular complexity index is 372. The van der Waals surface area contributed by atoms with Gasteiger partial charge in [-0.2, -0.15) is 0 Å². The zero-order chi connectivity index (χ0) is 13.0. The summed E-state index contributed by atoms with van der Waals surface area (Å²) in [7, 11) is 0. The molecular weight excluding hydrogens is 226 g/mol. The number of para-hydroxylation sites is 1. The van der Waals surface area contributed by atoms with Gasteiger partial charge < -0.3 is 9.84 Å². The van der Waals surface area contributed by atoms with Crippen molar-refractivity contribution in [3.8, 4) is 5.75 Å². The number of hydrogen-bond acceptors (Lipinski definition) is 3. The number of aliphatic hydroxyl groups is 1. The van der Waals surface area contributed by atoms with E-state index in [-0.39, 0.29) is 6.61 Å². The molecule has 1 aromatic rings. The highest BCUT2D eigenvalue weighted by Crippen LogP contribution is 2.22. The fourth-order valence-electron chi connectivity index (χ4n) is 2.69. The second kappa shape index (κ2) is 6.21. The Balaban J connectivity index is 1.85. The van der Waals surface area contributed by atoms with Crippen LogP contribution >= 0.6 is 0 Å². The predicted octanol–water partition coefficient (Wildman–Crippen LogP) is 2.14. The van der Waals surface area contributed by atoms with Crippen LogP contribution in [0.15, 0.2) is 18.2 Å². The number of hydrogen-bond donors (Lipinski definition) is 1. The zero-order valence-corrected chi connectivity index (χ0v) is 11.4. The molecule has 0 aliphatic carbocycles. The lowest BCUT2D eigenvalue weighted by Crippen LogP contribution is -2.35. The summed E-state index contributed by atoms with van der Waals surface area (Å²) >= 11 is 0. The molecular formula is C15H23NO2. The summed E-state index contributed by atoms with van der Waals surface area (Å²) in [5.41, 5.74) is 2.38. The molecule has 100 valence electrons. The molecule has 1 saturated heterocycles. The maximum Gasteiger partial charge on any atom is 0.125 e. The lowest BCUT2D eigenvalue weighted by atomic mass is 10.1. The molecule has 3 heteroatoms. The number of nitrogens with zero attached hydrogens (tertiary/aromatic N) is 1. The first-order chi connectivity index (χ1) is 8.72. The van der Waals surface area contributed by atoms with E-state index in [1.165, 1.54) is 17.5 Å². The van der Waals surface area contributed by atoms with Gasteiger partial charge in [-0.1, -0.05) is 18.2 Å². The molecule has 0 aromatic heterocycles. The van der Waals surface area contributed by atoms with Gasteiger partial charge in [-0.25, -0.2) is 0 Å². The Morgan fingerprint density at radius 1 is 1.33 bits per heavy atom. The van der Waals surface area contributed by atoms with E-state index in [9.17, 15) is 5.11 Å². The van der Waals surface area contributed by atoms with Crippen molar-refractivity contribution < 1.29 is 9.84 Å². The summed E-state index contributed by atoms with van der Waals surface area (Å²) < 4.78 is 5.90. The normalized spacial score (nSPS) is 20.3. The standard InChI is InChI=1S/C15H23NO2/c1-12-5-3-6-13(2)15(12)18-10-9-16-8-4-7-14(16)11-17/h3,5-6,14,17H,4,7-11H2,1-2H3. The first kappa shape index (κ1) is 13.4. The van der Waals surface area contributed by atoms with Crippen molar-refractivity contribution in [1.29, 1.82) is 0 Å². The SMILES string of the molecule is Cc1cccc(C)c1OCCN1CCCC1CO. The predicted molar refractivity (Wildman–Crippen MR) is 73.1 cm³/mol. The van der Waals surface area contributed by atoms with Crippen molar-refractivity contribution in [2.75, 3.05) is 26.3 Å². The number of aryl methyl sites for hydroxylation is 2. The minimum atomic E-state index is 0.267. The van der Waals surface area contributed by atoms with Crippen LogP contribution in [0.25, 0.3) is 0 Å². The van der Waals surface area contributed by atoms with Crippen molar-refractivity contribution in [2.45, 2.75) is 32.7 Å². The van der Waals surface area contributed by atoms with Crippen LogP contribution in [0.5, 0.6) is 5.75 Å². The third kappa shape index (κ3) is 3.03.